The van der Waals surface area contributed by atoms with E-state index in [0.717, 1.165) is 23.0 Å². The summed E-state index contributed by atoms with van der Waals surface area (Å²) in [6.45, 7) is 8.14. The Hall–Kier alpha value is -2.50. The zero-order valence-corrected chi connectivity index (χ0v) is 15.2. The predicted molar refractivity (Wildman–Crippen MR) is 97.3 cm³/mol. The van der Waals surface area contributed by atoms with Crippen LogP contribution < -0.4 is 15.4 Å². The van der Waals surface area contributed by atoms with Crippen molar-refractivity contribution in [3.63, 3.8) is 0 Å². The van der Waals surface area contributed by atoms with E-state index in [4.69, 9.17) is 4.74 Å². The number of nitrogens with one attached hydrogen (secondary N) is 2. The highest BCUT2D eigenvalue weighted by atomic mass is 16.5. The van der Waals surface area contributed by atoms with Crippen LogP contribution >= 0.6 is 0 Å². The van der Waals surface area contributed by atoms with Crippen LogP contribution in [-0.2, 0) is 20.1 Å². The Labute approximate surface area is 143 Å². The van der Waals surface area contributed by atoms with Crippen molar-refractivity contribution in [3.8, 4) is 5.75 Å². The third-order valence-electron chi connectivity index (χ3n) is 3.98. The molecule has 1 aromatic heterocycles. The molecular weight excluding hydrogens is 302 g/mol. The Balaban J connectivity index is 1.92. The minimum atomic E-state index is 0.671. The van der Waals surface area contributed by atoms with Gasteiger partial charge in [-0.1, -0.05) is 12.1 Å². The minimum Gasteiger partial charge on any atom is -0.494 e. The van der Waals surface area contributed by atoms with Gasteiger partial charge in [-0.05, 0) is 38.5 Å². The fraction of sp³-hybridized carbons (Fsp3) is 0.444. The van der Waals surface area contributed by atoms with Crippen molar-refractivity contribution < 1.29 is 4.74 Å². The maximum absolute atomic E-state index is 5.53. The van der Waals surface area contributed by atoms with Crippen molar-refractivity contribution in [1.82, 2.24) is 20.4 Å². The number of ether oxygens (including phenoxy) is 1. The zero-order chi connectivity index (χ0) is 17.5. The number of aliphatic imine (C=N–C) groups is 1. The molecule has 0 atom stereocenters. The van der Waals surface area contributed by atoms with Crippen molar-refractivity contribution in [2.75, 3.05) is 13.7 Å². The Morgan fingerprint density at radius 2 is 2.00 bits per heavy atom. The summed E-state index contributed by atoms with van der Waals surface area (Å²) in [7, 11) is 3.74. The fourth-order valence-electron chi connectivity index (χ4n) is 2.56. The second-order valence-corrected chi connectivity index (χ2v) is 5.63. The Morgan fingerprint density at radius 1 is 1.25 bits per heavy atom. The SMILES string of the molecule is CCOc1cccc(CNC(=NC)NCc2c(C)nn(C)c2C)c1. The topological polar surface area (TPSA) is 63.5 Å². The van der Waals surface area contributed by atoms with Crippen molar-refractivity contribution in [1.29, 1.82) is 0 Å². The van der Waals surface area contributed by atoms with Gasteiger partial charge in [0.25, 0.3) is 0 Å². The highest BCUT2D eigenvalue weighted by molar-refractivity contribution is 5.79. The molecule has 0 saturated carbocycles. The molecule has 2 N–H and O–H groups in total. The van der Waals surface area contributed by atoms with Gasteiger partial charge >= 0.3 is 0 Å². The van der Waals surface area contributed by atoms with Crippen LogP contribution in [0.1, 0.15) is 29.4 Å². The van der Waals surface area contributed by atoms with Crippen molar-refractivity contribution in [3.05, 3.63) is 46.8 Å². The van der Waals surface area contributed by atoms with E-state index in [2.05, 4.69) is 33.7 Å². The van der Waals surface area contributed by atoms with Crippen LogP contribution in [0.15, 0.2) is 29.3 Å². The van der Waals surface area contributed by atoms with Crippen LogP contribution in [0.25, 0.3) is 0 Å². The van der Waals surface area contributed by atoms with Crippen LogP contribution in [0.4, 0.5) is 0 Å². The average Bonchev–Trinajstić information content (AvgIpc) is 2.81. The number of guanidine groups is 1. The second-order valence-electron chi connectivity index (χ2n) is 5.63. The number of hydrogen-bond donors (Lipinski definition) is 2. The van der Waals surface area contributed by atoms with Gasteiger partial charge in [0.15, 0.2) is 5.96 Å². The van der Waals surface area contributed by atoms with Crippen LogP contribution in [0.2, 0.25) is 0 Å². The molecule has 0 amide bonds. The summed E-state index contributed by atoms with van der Waals surface area (Å²) in [4.78, 5) is 4.28. The molecule has 2 aromatic rings. The van der Waals surface area contributed by atoms with Gasteiger partial charge in [0, 0.05) is 38.4 Å². The highest BCUT2D eigenvalue weighted by Crippen LogP contribution is 2.13. The lowest BCUT2D eigenvalue weighted by Gasteiger charge is -2.13. The molecule has 0 bridgehead atoms. The van der Waals surface area contributed by atoms with Gasteiger partial charge in [-0.25, -0.2) is 0 Å². The number of nitrogens with zero attached hydrogens (tertiary/aromatic N) is 3. The van der Waals surface area contributed by atoms with E-state index in [1.165, 1.54) is 11.3 Å². The van der Waals surface area contributed by atoms with Gasteiger partial charge in [0.05, 0.1) is 12.3 Å². The minimum absolute atomic E-state index is 0.671. The number of aromatic nitrogens is 2. The molecular formula is C18H27N5O. The molecule has 0 spiro atoms. The lowest BCUT2D eigenvalue weighted by atomic mass is 10.2. The third kappa shape index (κ3) is 4.50. The maximum Gasteiger partial charge on any atom is 0.191 e. The van der Waals surface area contributed by atoms with Crippen molar-refractivity contribution in [2.24, 2.45) is 12.0 Å². The molecule has 0 aliphatic rings. The molecule has 0 saturated heterocycles. The van der Waals surface area contributed by atoms with E-state index in [-0.39, 0.29) is 0 Å². The van der Waals surface area contributed by atoms with Gasteiger partial charge in [0.1, 0.15) is 5.75 Å². The lowest BCUT2D eigenvalue weighted by Crippen LogP contribution is -2.36. The number of benzene rings is 1. The maximum atomic E-state index is 5.53. The molecule has 0 unspecified atom stereocenters. The van der Waals surface area contributed by atoms with Gasteiger partial charge in [0.2, 0.25) is 0 Å². The molecule has 1 heterocycles. The second kappa shape index (κ2) is 8.38. The van der Waals surface area contributed by atoms with Gasteiger partial charge < -0.3 is 15.4 Å². The first-order chi connectivity index (χ1) is 11.5. The van der Waals surface area contributed by atoms with Crippen LogP contribution in [0, 0.1) is 13.8 Å². The molecule has 6 nitrogen and oxygen atoms in total. The van der Waals surface area contributed by atoms with E-state index >= 15 is 0 Å². The molecule has 6 heteroatoms. The lowest BCUT2D eigenvalue weighted by molar-refractivity contribution is 0.340. The van der Waals surface area contributed by atoms with Crippen molar-refractivity contribution >= 4 is 5.96 Å². The number of aryl methyl sites for hydroxylation is 2. The van der Waals surface area contributed by atoms with Gasteiger partial charge in [-0.15, -0.1) is 0 Å². The summed E-state index contributed by atoms with van der Waals surface area (Å²) in [6.07, 6.45) is 0. The predicted octanol–water partition coefficient (Wildman–Crippen LogP) is 2.30. The molecule has 1 aromatic carbocycles. The molecule has 24 heavy (non-hydrogen) atoms. The van der Waals surface area contributed by atoms with E-state index in [0.29, 0.717) is 19.7 Å². The van der Waals surface area contributed by atoms with E-state index in [1.54, 1.807) is 7.05 Å². The quantitative estimate of drug-likeness (QED) is 0.630. The standard InChI is InChI=1S/C18H27N5O/c1-6-24-16-9-7-8-15(10-16)11-20-18(19-4)21-12-17-13(2)22-23(5)14(17)3/h7-10H,6,11-12H2,1-5H3,(H2,19,20,21). The smallest absolute Gasteiger partial charge is 0.191 e. The summed E-state index contributed by atoms with van der Waals surface area (Å²) in [5.41, 5.74) is 4.57. The Morgan fingerprint density at radius 3 is 2.62 bits per heavy atom. The summed E-state index contributed by atoms with van der Waals surface area (Å²) >= 11 is 0. The highest BCUT2D eigenvalue weighted by Gasteiger charge is 2.09. The summed E-state index contributed by atoms with van der Waals surface area (Å²) in [5.74, 6) is 1.65. The third-order valence-corrected chi connectivity index (χ3v) is 3.98. The summed E-state index contributed by atoms with van der Waals surface area (Å²) in [5, 5.41) is 11.1. The molecule has 0 aliphatic carbocycles. The zero-order valence-electron chi connectivity index (χ0n) is 15.2. The molecule has 130 valence electrons. The Bertz CT molecular complexity index is 705. The molecule has 0 aliphatic heterocycles. The van der Waals surface area contributed by atoms with E-state index in [9.17, 15) is 0 Å². The van der Waals surface area contributed by atoms with Crippen LogP contribution in [0.5, 0.6) is 5.75 Å². The summed E-state index contributed by atoms with van der Waals surface area (Å²) in [6, 6.07) is 8.08. The normalized spacial score (nSPS) is 11.5. The monoisotopic (exact) mass is 329 g/mol. The largest absolute Gasteiger partial charge is 0.494 e. The first-order valence-electron chi connectivity index (χ1n) is 8.20. The molecule has 0 radical (unpaired) electrons. The number of rotatable bonds is 6. The van der Waals surface area contributed by atoms with Gasteiger partial charge in [-0.2, -0.15) is 5.10 Å². The Kier molecular flexibility index (Phi) is 6.23. The van der Waals surface area contributed by atoms with Crippen LogP contribution in [0.3, 0.4) is 0 Å². The van der Waals surface area contributed by atoms with Gasteiger partial charge in [-0.3, -0.25) is 9.67 Å². The van der Waals surface area contributed by atoms with E-state index in [1.807, 2.05) is 43.8 Å². The average molecular weight is 329 g/mol. The first-order valence-corrected chi connectivity index (χ1v) is 8.20. The van der Waals surface area contributed by atoms with Crippen molar-refractivity contribution in [2.45, 2.75) is 33.9 Å². The van der Waals surface area contributed by atoms with E-state index < -0.39 is 0 Å². The number of hydrogen-bond acceptors (Lipinski definition) is 3. The van der Waals surface area contributed by atoms with Crippen LogP contribution in [-0.4, -0.2) is 29.4 Å². The summed E-state index contributed by atoms with van der Waals surface area (Å²) < 4.78 is 7.44. The molecule has 0 fully saturated rings. The first kappa shape index (κ1) is 17.8. The fourth-order valence-corrected chi connectivity index (χ4v) is 2.56. The molecule has 2 rings (SSSR count).